The smallest absolute Gasteiger partial charge is 0.143 e. The lowest BCUT2D eigenvalue weighted by atomic mass is 9.95. The summed E-state index contributed by atoms with van der Waals surface area (Å²) in [7, 11) is 0. The molecule has 0 N–H and O–H groups in total. The lowest BCUT2D eigenvalue weighted by molar-refractivity contribution is 0.670. The number of para-hydroxylation sites is 2. The molecular weight excluding hydrogens is 711 g/mol. The van der Waals surface area contributed by atoms with Gasteiger partial charge in [0.2, 0.25) is 0 Å². The van der Waals surface area contributed by atoms with Crippen molar-refractivity contribution in [2.45, 2.75) is 0 Å². The van der Waals surface area contributed by atoms with E-state index < -0.39 is 0 Å². The van der Waals surface area contributed by atoms with Gasteiger partial charge in [0.05, 0.1) is 0 Å². The van der Waals surface area contributed by atoms with E-state index in [2.05, 4.69) is 211 Å². The zero-order valence-electron chi connectivity index (χ0n) is 31.0. The summed E-state index contributed by atoms with van der Waals surface area (Å²) in [6.45, 7) is 0. The van der Waals surface area contributed by atoms with E-state index >= 15 is 0 Å². The Morgan fingerprint density at radius 1 is 0.333 bits per heavy atom. The minimum absolute atomic E-state index is 0.910. The summed E-state index contributed by atoms with van der Waals surface area (Å²) >= 11 is 1.85. The van der Waals surface area contributed by atoms with Crippen LogP contribution in [0.5, 0.6) is 0 Å². The number of thiophene rings is 1. The molecule has 9 aromatic carbocycles. The van der Waals surface area contributed by atoms with Crippen LogP contribution in [0.2, 0.25) is 0 Å². The zero-order chi connectivity index (χ0) is 37.7. The molecule has 57 heavy (non-hydrogen) atoms. The second kappa shape index (κ2) is 13.8. The lowest BCUT2D eigenvalue weighted by Gasteiger charge is -2.26. The first-order chi connectivity index (χ1) is 28.2. The van der Waals surface area contributed by atoms with Gasteiger partial charge in [0.15, 0.2) is 0 Å². The summed E-state index contributed by atoms with van der Waals surface area (Å²) in [6.07, 6.45) is 0. The molecule has 2 nitrogen and oxygen atoms in total. The van der Waals surface area contributed by atoms with E-state index in [9.17, 15) is 0 Å². The molecule has 0 radical (unpaired) electrons. The van der Waals surface area contributed by atoms with Crippen molar-refractivity contribution in [3.05, 3.63) is 212 Å². The molecule has 0 aliphatic carbocycles. The summed E-state index contributed by atoms with van der Waals surface area (Å²) in [4.78, 5) is 2.34. The molecule has 11 rings (SSSR count). The Labute approximate surface area is 335 Å². The van der Waals surface area contributed by atoms with E-state index in [1.54, 1.807) is 0 Å². The Morgan fingerprint density at radius 3 is 1.44 bits per heavy atom. The van der Waals surface area contributed by atoms with Crippen LogP contribution in [0.4, 0.5) is 17.1 Å². The van der Waals surface area contributed by atoms with Gasteiger partial charge in [0, 0.05) is 59.1 Å². The molecule has 0 spiro atoms. The van der Waals surface area contributed by atoms with Crippen LogP contribution >= 0.6 is 11.3 Å². The third kappa shape index (κ3) is 5.88. The Hall–Kier alpha value is -7.20. The quantitative estimate of drug-likeness (QED) is 0.162. The van der Waals surface area contributed by atoms with Crippen LogP contribution in [0.15, 0.2) is 217 Å². The first-order valence-corrected chi connectivity index (χ1v) is 20.1. The summed E-state index contributed by atoms with van der Waals surface area (Å²) in [5.74, 6) is 0. The topological polar surface area (TPSA) is 16.4 Å². The van der Waals surface area contributed by atoms with Crippen LogP contribution in [-0.2, 0) is 0 Å². The fourth-order valence-electron chi connectivity index (χ4n) is 8.27. The summed E-state index contributed by atoms with van der Waals surface area (Å²) in [6, 6.07) is 76.3. The van der Waals surface area contributed by atoms with Crippen LogP contribution in [0.3, 0.4) is 0 Å². The summed E-state index contributed by atoms with van der Waals surface area (Å²) < 4.78 is 9.15. The molecule has 0 aliphatic rings. The maximum Gasteiger partial charge on any atom is 0.143 e. The van der Waals surface area contributed by atoms with E-state index in [4.69, 9.17) is 4.42 Å². The molecule has 11 aromatic rings. The third-order valence-electron chi connectivity index (χ3n) is 11.1. The fraction of sp³-hybridized carbons (Fsp3) is 0. The van der Waals surface area contributed by atoms with Gasteiger partial charge in [-0.3, -0.25) is 0 Å². The molecule has 2 heterocycles. The minimum atomic E-state index is 0.910. The zero-order valence-corrected chi connectivity index (χ0v) is 31.8. The molecule has 0 amide bonds. The standard InChI is InChI=1S/C54H35NOS/c1-3-12-36(13-4-1)38-22-28-42(29-23-38)55(43-30-24-39(25-31-43)37-14-5-2-6-15-37)44-32-26-40(27-33-44)41-34-49-46-17-8-10-21-52(46)57-54(49)50(35-41)48-19-11-18-47-45-16-7-9-20-51(45)56-53(47)48/h1-35H. The van der Waals surface area contributed by atoms with Gasteiger partial charge >= 0.3 is 0 Å². The van der Waals surface area contributed by atoms with Crippen molar-refractivity contribution < 1.29 is 4.42 Å². The molecule has 0 fully saturated rings. The number of hydrogen-bond donors (Lipinski definition) is 0. The van der Waals surface area contributed by atoms with Gasteiger partial charge < -0.3 is 9.32 Å². The number of nitrogens with zero attached hydrogens (tertiary/aromatic N) is 1. The second-order valence-electron chi connectivity index (χ2n) is 14.5. The van der Waals surface area contributed by atoms with Gasteiger partial charge in [-0.1, -0.05) is 152 Å². The van der Waals surface area contributed by atoms with Gasteiger partial charge in [-0.2, -0.15) is 0 Å². The van der Waals surface area contributed by atoms with Crippen LogP contribution in [0.25, 0.3) is 86.6 Å². The summed E-state index contributed by atoms with van der Waals surface area (Å²) in [5.41, 5.74) is 14.6. The number of benzene rings is 9. The Kier molecular flexibility index (Phi) is 8.04. The van der Waals surface area contributed by atoms with Gasteiger partial charge in [-0.05, 0) is 94.0 Å². The molecule has 0 atom stereocenters. The first-order valence-electron chi connectivity index (χ1n) is 19.3. The predicted octanol–water partition coefficient (Wildman–Crippen LogP) is 16.1. The van der Waals surface area contributed by atoms with Crippen LogP contribution in [0, 0.1) is 0 Å². The van der Waals surface area contributed by atoms with E-state index in [0.717, 1.165) is 50.1 Å². The Morgan fingerprint density at radius 2 is 0.825 bits per heavy atom. The third-order valence-corrected chi connectivity index (χ3v) is 12.3. The molecule has 0 aliphatic heterocycles. The van der Waals surface area contributed by atoms with Gasteiger partial charge in [0.1, 0.15) is 11.2 Å². The minimum Gasteiger partial charge on any atom is -0.455 e. The van der Waals surface area contributed by atoms with Crippen LogP contribution in [0.1, 0.15) is 0 Å². The Bertz CT molecular complexity index is 3110. The highest BCUT2D eigenvalue weighted by Gasteiger charge is 2.19. The highest BCUT2D eigenvalue weighted by Crippen LogP contribution is 2.46. The highest BCUT2D eigenvalue weighted by atomic mass is 32.1. The number of hydrogen-bond acceptors (Lipinski definition) is 3. The van der Waals surface area contributed by atoms with Crippen molar-refractivity contribution in [1.82, 2.24) is 0 Å². The van der Waals surface area contributed by atoms with E-state index in [0.29, 0.717) is 0 Å². The van der Waals surface area contributed by atoms with Crippen molar-refractivity contribution in [1.29, 1.82) is 0 Å². The highest BCUT2D eigenvalue weighted by molar-refractivity contribution is 7.26. The van der Waals surface area contributed by atoms with Crippen molar-refractivity contribution >= 4 is 70.5 Å². The molecular formula is C54H35NOS. The van der Waals surface area contributed by atoms with Gasteiger partial charge in [-0.15, -0.1) is 11.3 Å². The molecule has 3 heteroatoms. The van der Waals surface area contributed by atoms with Crippen molar-refractivity contribution in [2.24, 2.45) is 0 Å². The molecule has 0 unspecified atom stereocenters. The molecule has 0 bridgehead atoms. The predicted molar refractivity (Wildman–Crippen MR) is 243 cm³/mol. The second-order valence-corrected chi connectivity index (χ2v) is 15.5. The average molecular weight is 746 g/mol. The maximum atomic E-state index is 6.60. The average Bonchev–Trinajstić information content (AvgIpc) is 3.86. The Balaban J connectivity index is 1.03. The maximum absolute atomic E-state index is 6.60. The monoisotopic (exact) mass is 745 g/mol. The number of anilines is 3. The van der Waals surface area contributed by atoms with E-state index in [1.807, 2.05) is 17.4 Å². The molecule has 2 aromatic heterocycles. The van der Waals surface area contributed by atoms with Crippen LogP contribution < -0.4 is 4.90 Å². The molecule has 0 saturated heterocycles. The van der Waals surface area contributed by atoms with Crippen molar-refractivity contribution in [3.8, 4) is 44.5 Å². The van der Waals surface area contributed by atoms with Crippen molar-refractivity contribution in [2.75, 3.05) is 4.90 Å². The number of furan rings is 1. The van der Waals surface area contributed by atoms with E-state index in [1.165, 1.54) is 53.6 Å². The summed E-state index contributed by atoms with van der Waals surface area (Å²) in [5, 5.41) is 4.82. The number of rotatable bonds is 7. The van der Waals surface area contributed by atoms with E-state index in [-0.39, 0.29) is 0 Å². The largest absolute Gasteiger partial charge is 0.455 e. The first kappa shape index (κ1) is 33.2. The van der Waals surface area contributed by atoms with Crippen LogP contribution in [-0.4, -0.2) is 0 Å². The lowest BCUT2D eigenvalue weighted by Crippen LogP contribution is -2.09. The molecule has 268 valence electrons. The number of fused-ring (bicyclic) bond motifs is 6. The SMILES string of the molecule is c1ccc(-c2ccc(N(c3ccc(-c4ccccc4)cc3)c3ccc(-c4cc(-c5cccc6c5oc5ccccc56)c5sc6ccccc6c5c4)cc3)cc2)cc1. The van der Waals surface area contributed by atoms with Gasteiger partial charge in [-0.25, -0.2) is 0 Å². The van der Waals surface area contributed by atoms with Gasteiger partial charge in [0.25, 0.3) is 0 Å². The molecule has 0 saturated carbocycles. The normalized spacial score (nSPS) is 11.5. The fourth-order valence-corrected chi connectivity index (χ4v) is 9.48. The van der Waals surface area contributed by atoms with Crippen molar-refractivity contribution in [3.63, 3.8) is 0 Å².